The molecule has 0 aliphatic carbocycles. The second-order valence-electron chi connectivity index (χ2n) is 5.43. The number of hydrogen-bond donors (Lipinski definition) is 3. The highest BCUT2D eigenvalue weighted by molar-refractivity contribution is 6.06. The summed E-state index contributed by atoms with van der Waals surface area (Å²) >= 11 is 0. The molecule has 25 heavy (non-hydrogen) atoms. The van der Waals surface area contributed by atoms with Crippen molar-refractivity contribution in [1.82, 2.24) is 5.32 Å². The quantitative estimate of drug-likeness (QED) is 0.508. The van der Waals surface area contributed by atoms with Crippen molar-refractivity contribution in [3.63, 3.8) is 0 Å². The molecule has 2 aromatic rings. The van der Waals surface area contributed by atoms with Crippen LogP contribution in [0.2, 0.25) is 0 Å². The molecule has 0 atom stereocenters. The number of nitrogens with two attached hydrogens (primary N) is 1. The van der Waals surface area contributed by atoms with Gasteiger partial charge in [-0.3, -0.25) is 9.59 Å². The molecule has 0 fully saturated rings. The van der Waals surface area contributed by atoms with Crippen LogP contribution in [0.5, 0.6) is 0 Å². The van der Waals surface area contributed by atoms with E-state index in [-0.39, 0.29) is 11.8 Å². The van der Waals surface area contributed by atoms with Crippen LogP contribution in [0.4, 0.5) is 11.4 Å². The Labute approximate surface area is 147 Å². The molecule has 0 aliphatic rings. The lowest BCUT2D eigenvalue weighted by Gasteiger charge is -2.09. The number of anilines is 2. The highest BCUT2D eigenvalue weighted by Crippen LogP contribution is 2.18. The third-order valence-corrected chi connectivity index (χ3v) is 3.57. The van der Waals surface area contributed by atoms with Crippen LogP contribution < -0.4 is 16.4 Å². The summed E-state index contributed by atoms with van der Waals surface area (Å²) < 4.78 is 5.22. The van der Waals surface area contributed by atoms with Crippen molar-refractivity contribution >= 4 is 23.2 Å². The van der Waals surface area contributed by atoms with Crippen LogP contribution in [0.15, 0.2) is 48.5 Å². The smallest absolute Gasteiger partial charge is 0.255 e. The van der Waals surface area contributed by atoms with E-state index < -0.39 is 0 Å². The second-order valence-corrected chi connectivity index (χ2v) is 5.43. The molecule has 6 nitrogen and oxygen atoms in total. The molecule has 2 aromatic carbocycles. The van der Waals surface area contributed by atoms with Gasteiger partial charge in [-0.15, -0.1) is 0 Å². The number of hydrogen-bond acceptors (Lipinski definition) is 4. The third kappa shape index (κ3) is 5.61. The Morgan fingerprint density at radius 2 is 1.64 bits per heavy atom. The Morgan fingerprint density at radius 1 is 1.00 bits per heavy atom. The van der Waals surface area contributed by atoms with Gasteiger partial charge in [0.05, 0.1) is 11.4 Å². The summed E-state index contributed by atoms with van der Waals surface area (Å²) in [6.45, 7) is 3.78. The van der Waals surface area contributed by atoms with Crippen molar-refractivity contribution in [3.8, 4) is 0 Å². The molecule has 2 amide bonds. The van der Waals surface area contributed by atoms with E-state index >= 15 is 0 Å². The van der Waals surface area contributed by atoms with E-state index in [4.69, 9.17) is 10.5 Å². The fraction of sp³-hybridized carbons (Fsp3) is 0.263. The first-order valence-electron chi connectivity index (χ1n) is 8.23. The zero-order valence-electron chi connectivity index (χ0n) is 14.2. The van der Waals surface area contributed by atoms with Gasteiger partial charge in [0.2, 0.25) is 0 Å². The van der Waals surface area contributed by atoms with Crippen LogP contribution in [0.25, 0.3) is 0 Å². The first kappa shape index (κ1) is 18.5. The van der Waals surface area contributed by atoms with Crippen LogP contribution >= 0.6 is 0 Å². The Morgan fingerprint density at radius 3 is 2.28 bits per heavy atom. The van der Waals surface area contributed by atoms with Gasteiger partial charge < -0.3 is 21.1 Å². The van der Waals surface area contributed by atoms with Gasteiger partial charge >= 0.3 is 0 Å². The topological polar surface area (TPSA) is 93.4 Å². The number of carbonyl (C=O) groups is 2. The van der Waals surface area contributed by atoms with E-state index in [0.717, 1.165) is 6.42 Å². The van der Waals surface area contributed by atoms with Gasteiger partial charge in [-0.1, -0.05) is 12.1 Å². The Kier molecular flexibility index (Phi) is 6.98. The minimum Gasteiger partial charge on any atom is -0.397 e. The van der Waals surface area contributed by atoms with Gasteiger partial charge in [0, 0.05) is 30.9 Å². The number of ether oxygens (including phenoxy) is 1. The molecule has 6 heteroatoms. The lowest BCUT2D eigenvalue weighted by atomic mass is 10.1. The Bertz CT molecular complexity index is 714. The average molecular weight is 341 g/mol. The number of carbonyl (C=O) groups excluding carboxylic acids is 2. The number of benzene rings is 2. The largest absolute Gasteiger partial charge is 0.397 e. The van der Waals surface area contributed by atoms with Gasteiger partial charge in [0.15, 0.2) is 0 Å². The summed E-state index contributed by atoms with van der Waals surface area (Å²) in [5.41, 5.74) is 7.83. The van der Waals surface area contributed by atoms with Crippen molar-refractivity contribution in [2.75, 3.05) is 30.8 Å². The van der Waals surface area contributed by atoms with Crippen LogP contribution in [0.3, 0.4) is 0 Å². The maximum Gasteiger partial charge on any atom is 0.255 e. The summed E-state index contributed by atoms with van der Waals surface area (Å²) in [6.07, 6.45) is 0.762. The molecule has 0 aromatic heterocycles. The van der Waals surface area contributed by atoms with E-state index in [2.05, 4.69) is 10.6 Å². The fourth-order valence-electron chi connectivity index (χ4n) is 2.20. The molecular formula is C19H23N3O3. The summed E-state index contributed by atoms with van der Waals surface area (Å²) in [5, 5.41) is 5.57. The fourth-order valence-corrected chi connectivity index (χ4v) is 2.20. The summed E-state index contributed by atoms with van der Waals surface area (Å²) in [7, 11) is 0. The monoisotopic (exact) mass is 341 g/mol. The molecule has 0 saturated heterocycles. The molecule has 4 N–H and O–H groups in total. The van der Waals surface area contributed by atoms with E-state index in [1.807, 2.05) is 6.92 Å². The van der Waals surface area contributed by atoms with Gasteiger partial charge in [0.1, 0.15) is 0 Å². The summed E-state index contributed by atoms with van der Waals surface area (Å²) in [5.74, 6) is -0.447. The van der Waals surface area contributed by atoms with Crippen molar-refractivity contribution in [1.29, 1.82) is 0 Å². The lowest BCUT2D eigenvalue weighted by Crippen LogP contribution is -2.25. The molecule has 0 radical (unpaired) electrons. The molecule has 0 unspecified atom stereocenters. The van der Waals surface area contributed by atoms with Crippen molar-refractivity contribution in [2.24, 2.45) is 0 Å². The Hall–Kier alpha value is -2.86. The number of para-hydroxylation sites is 2. The van der Waals surface area contributed by atoms with Crippen molar-refractivity contribution in [2.45, 2.75) is 13.3 Å². The molecule has 0 heterocycles. The molecule has 0 aliphatic heterocycles. The maximum absolute atomic E-state index is 12.2. The SMILES string of the molecule is CCOCCCNC(=O)c1ccc(C(=O)Nc2ccccc2N)cc1. The first-order chi connectivity index (χ1) is 12.1. The third-order valence-electron chi connectivity index (χ3n) is 3.57. The van der Waals surface area contributed by atoms with Gasteiger partial charge in [-0.05, 0) is 49.7 Å². The number of rotatable bonds is 8. The number of nitrogens with one attached hydrogen (secondary N) is 2. The molecule has 0 spiro atoms. The average Bonchev–Trinajstić information content (AvgIpc) is 2.63. The van der Waals surface area contributed by atoms with Crippen LogP contribution in [-0.4, -0.2) is 31.6 Å². The molecule has 0 bridgehead atoms. The highest BCUT2D eigenvalue weighted by Gasteiger charge is 2.10. The van der Waals surface area contributed by atoms with Gasteiger partial charge in [0.25, 0.3) is 11.8 Å². The minimum atomic E-state index is -0.276. The summed E-state index contributed by atoms with van der Waals surface area (Å²) in [6, 6.07) is 13.5. The number of amides is 2. The second kappa shape index (κ2) is 9.44. The van der Waals surface area contributed by atoms with Crippen molar-refractivity contribution in [3.05, 3.63) is 59.7 Å². The standard InChI is InChI=1S/C19H23N3O3/c1-2-25-13-5-12-21-18(23)14-8-10-15(11-9-14)19(24)22-17-7-4-3-6-16(17)20/h3-4,6-11H,2,5,12-13,20H2,1H3,(H,21,23)(H,22,24). The van der Waals surface area contributed by atoms with E-state index in [9.17, 15) is 9.59 Å². The molecule has 132 valence electrons. The van der Waals surface area contributed by atoms with E-state index in [0.29, 0.717) is 42.3 Å². The summed E-state index contributed by atoms with van der Waals surface area (Å²) in [4.78, 5) is 24.3. The van der Waals surface area contributed by atoms with Gasteiger partial charge in [-0.2, -0.15) is 0 Å². The lowest BCUT2D eigenvalue weighted by molar-refractivity contribution is 0.0942. The van der Waals surface area contributed by atoms with Crippen LogP contribution in [0, 0.1) is 0 Å². The van der Waals surface area contributed by atoms with Gasteiger partial charge in [-0.25, -0.2) is 0 Å². The predicted octanol–water partition coefficient (Wildman–Crippen LogP) is 2.68. The molecule has 2 rings (SSSR count). The highest BCUT2D eigenvalue weighted by atomic mass is 16.5. The van der Waals surface area contributed by atoms with Crippen LogP contribution in [0.1, 0.15) is 34.1 Å². The normalized spacial score (nSPS) is 10.3. The van der Waals surface area contributed by atoms with E-state index in [1.165, 1.54) is 0 Å². The zero-order chi connectivity index (χ0) is 18.1. The minimum absolute atomic E-state index is 0.171. The Balaban J connectivity index is 1.89. The van der Waals surface area contributed by atoms with Crippen LogP contribution in [-0.2, 0) is 4.74 Å². The zero-order valence-corrected chi connectivity index (χ0v) is 14.2. The molecule has 0 saturated carbocycles. The first-order valence-corrected chi connectivity index (χ1v) is 8.23. The number of nitrogen functional groups attached to an aromatic ring is 1. The van der Waals surface area contributed by atoms with Crippen molar-refractivity contribution < 1.29 is 14.3 Å². The maximum atomic E-state index is 12.2. The predicted molar refractivity (Wildman–Crippen MR) is 98.7 cm³/mol. The molecular weight excluding hydrogens is 318 g/mol. The van der Waals surface area contributed by atoms with E-state index in [1.54, 1.807) is 48.5 Å².